The van der Waals surface area contributed by atoms with Crippen molar-refractivity contribution in [2.45, 2.75) is 13.3 Å². The second kappa shape index (κ2) is 5.20. The Bertz CT molecular complexity index is 629. The van der Waals surface area contributed by atoms with Gasteiger partial charge in [0.1, 0.15) is 11.9 Å². The van der Waals surface area contributed by atoms with E-state index in [4.69, 9.17) is 16.9 Å². The average Bonchev–Trinajstić information content (AvgIpc) is 2.39. The lowest BCUT2D eigenvalue weighted by Crippen LogP contribution is -1.89. The van der Waals surface area contributed by atoms with Crippen LogP contribution in [0.3, 0.4) is 0 Å². The highest BCUT2D eigenvalue weighted by atomic mass is 35.5. The zero-order valence-corrected chi connectivity index (χ0v) is 10.6. The number of rotatable bonds is 2. The van der Waals surface area contributed by atoms with Gasteiger partial charge in [-0.15, -0.1) is 0 Å². The van der Waals surface area contributed by atoms with Crippen molar-refractivity contribution >= 4 is 11.6 Å². The second-order valence-corrected chi connectivity index (χ2v) is 4.32. The SMILES string of the molecule is CCc1cccc(-c2ccc(C#N)c(F)c2)c1Cl. The fourth-order valence-electron chi connectivity index (χ4n) is 1.85. The van der Waals surface area contributed by atoms with Gasteiger partial charge in [-0.2, -0.15) is 5.26 Å². The highest BCUT2D eigenvalue weighted by Gasteiger charge is 2.09. The van der Waals surface area contributed by atoms with Crippen LogP contribution in [-0.2, 0) is 6.42 Å². The molecule has 0 saturated heterocycles. The largest absolute Gasteiger partial charge is 0.206 e. The zero-order chi connectivity index (χ0) is 13.1. The molecular weight excluding hydrogens is 249 g/mol. The van der Waals surface area contributed by atoms with Gasteiger partial charge in [-0.25, -0.2) is 4.39 Å². The standard InChI is InChI=1S/C15H11ClFN/c1-2-10-4-3-5-13(15(10)16)11-6-7-12(9-18)14(17)8-11/h3-8H,2H2,1H3. The molecule has 2 rings (SSSR count). The van der Waals surface area contributed by atoms with Crippen LogP contribution in [0.5, 0.6) is 0 Å². The number of hydrogen-bond donors (Lipinski definition) is 0. The average molecular weight is 260 g/mol. The lowest BCUT2D eigenvalue weighted by atomic mass is 10.0. The third kappa shape index (κ3) is 2.23. The van der Waals surface area contributed by atoms with Gasteiger partial charge < -0.3 is 0 Å². The Hall–Kier alpha value is -1.85. The van der Waals surface area contributed by atoms with E-state index in [0.717, 1.165) is 17.5 Å². The first-order valence-electron chi connectivity index (χ1n) is 5.64. The van der Waals surface area contributed by atoms with Crippen molar-refractivity contribution in [3.8, 4) is 17.2 Å². The Morgan fingerprint density at radius 3 is 2.67 bits per heavy atom. The van der Waals surface area contributed by atoms with Crippen molar-refractivity contribution in [3.05, 3.63) is 58.4 Å². The number of hydrogen-bond acceptors (Lipinski definition) is 1. The van der Waals surface area contributed by atoms with E-state index >= 15 is 0 Å². The van der Waals surface area contributed by atoms with Gasteiger partial charge >= 0.3 is 0 Å². The molecule has 0 aliphatic rings. The minimum atomic E-state index is -0.520. The number of benzene rings is 2. The summed E-state index contributed by atoms with van der Waals surface area (Å²) in [6.45, 7) is 2.02. The molecule has 0 aliphatic heterocycles. The van der Waals surface area contributed by atoms with Crippen LogP contribution < -0.4 is 0 Å². The summed E-state index contributed by atoms with van der Waals surface area (Å²) in [5.41, 5.74) is 2.55. The highest BCUT2D eigenvalue weighted by Crippen LogP contribution is 2.31. The molecule has 3 heteroatoms. The first kappa shape index (κ1) is 12.6. The number of nitrogens with zero attached hydrogens (tertiary/aromatic N) is 1. The van der Waals surface area contributed by atoms with E-state index in [0.29, 0.717) is 10.6 Å². The third-order valence-electron chi connectivity index (χ3n) is 2.86. The molecule has 0 aromatic heterocycles. The Labute approximate surface area is 110 Å². The minimum Gasteiger partial charge on any atom is -0.206 e. The predicted molar refractivity (Wildman–Crippen MR) is 70.9 cm³/mol. The Balaban J connectivity index is 2.56. The summed E-state index contributed by atoms with van der Waals surface area (Å²) in [6, 6.07) is 12.0. The van der Waals surface area contributed by atoms with Crippen LogP contribution in [0.4, 0.5) is 4.39 Å². The molecular formula is C15H11ClFN. The van der Waals surface area contributed by atoms with Crippen LogP contribution in [-0.4, -0.2) is 0 Å². The number of halogens is 2. The van der Waals surface area contributed by atoms with Crippen molar-refractivity contribution in [2.75, 3.05) is 0 Å². The van der Waals surface area contributed by atoms with Crippen molar-refractivity contribution in [3.63, 3.8) is 0 Å². The van der Waals surface area contributed by atoms with E-state index in [9.17, 15) is 4.39 Å². The van der Waals surface area contributed by atoms with Gasteiger partial charge in [-0.1, -0.05) is 42.8 Å². The van der Waals surface area contributed by atoms with Crippen molar-refractivity contribution in [1.82, 2.24) is 0 Å². The summed E-state index contributed by atoms with van der Waals surface area (Å²) in [5.74, 6) is -0.520. The summed E-state index contributed by atoms with van der Waals surface area (Å²) in [6.07, 6.45) is 0.825. The molecule has 18 heavy (non-hydrogen) atoms. The van der Waals surface area contributed by atoms with Gasteiger partial charge in [-0.3, -0.25) is 0 Å². The summed E-state index contributed by atoms with van der Waals surface area (Å²) < 4.78 is 13.6. The van der Waals surface area contributed by atoms with Crippen molar-refractivity contribution in [1.29, 1.82) is 5.26 Å². The molecule has 0 bridgehead atoms. The van der Waals surface area contributed by atoms with Gasteiger partial charge in [0.25, 0.3) is 0 Å². The first-order valence-corrected chi connectivity index (χ1v) is 6.02. The topological polar surface area (TPSA) is 23.8 Å². The molecule has 0 amide bonds. The van der Waals surface area contributed by atoms with Gasteiger partial charge in [0.05, 0.1) is 10.6 Å². The van der Waals surface area contributed by atoms with Gasteiger partial charge in [0, 0.05) is 5.56 Å². The summed E-state index contributed by atoms with van der Waals surface area (Å²) in [7, 11) is 0. The Morgan fingerprint density at radius 2 is 2.06 bits per heavy atom. The first-order chi connectivity index (χ1) is 8.67. The molecule has 0 unspecified atom stereocenters. The smallest absolute Gasteiger partial charge is 0.141 e. The van der Waals surface area contributed by atoms with Crippen LogP contribution in [0.25, 0.3) is 11.1 Å². The molecule has 2 aromatic carbocycles. The Morgan fingerprint density at radius 1 is 1.28 bits per heavy atom. The molecule has 0 heterocycles. The number of aryl methyl sites for hydroxylation is 1. The fourth-order valence-corrected chi connectivity index (χ4v) is 2.22. The van der Waals surface area contributed by atoms with Crippen LogP contribution in [0.2, 0.25) is 5.02 Å². The lowest BCUT2D eigenvalue weighted by molar-refractivity contribution is 0.624. The van der Waals surface area contributed by atoms with Crippen LogP contribution in [0.15, 0.2) is 36.4 Å². The third-order valence-corrected chi connectivity index (χ3v) is 3.31. The summed E-state index contributed by atoms with van der Waals surface area (Å²) >= 11 is 6.28. The van der Waals surface area contributed by atoms with Gasteiger partial charge in [0.15, 0.2) is 0 Å². The van der Waals surface area contributed by atoms with E-state index in [1.54, 1.807) is 12.1 Å². The summed E-state index contributed by atoms with van der Waals surface area (Å²) in [4.78, 5) is 0. The quantitative estimate of drug-likeness (QED) is 0.774. The molecule has 0 fully saturated rings. The van der Waals surface area contributed by atoms with Crippen molar-refractivity contribution < 1.29 is 4.39 Å². The van der Waals surface area contributed by atoms with Gasteiger partial charge in [0.2, 0.25) is 0 Å². The maximum absolute atomic E-state index is 13.6. The molecule has 1 nitrogen and oxygen atoms in total. The molecule has 0 N–H and O–H groups in total. The maximum Gasteiger partial charge on any atom is 0.141 e. The lowest BCUT2D eigenvalue weighted by Gasteiger charge is -2.08. The van der Waals surface area contributed by atoms with E-state index in [2.05, 4.69) is 0 Å². The molecule has 0 spiro atoms. The zero-order valence-electron chi connectivity index (χ0n) is 9.87. The number of nitriles is 1. The fraction of sp³-hybridized carbons (Fsp3) is 0.133. The molecule has 2 aromatic rings. The van der Waals surface area contributed by atoms with Crippen LogP contribution >= 0.6 is 11.6 Å². The van der Waals surface area contributed by atoms with E-state index < -0.39 is 5.82 Å². The molecule has 0 radical (unpaired) electrons. The van der Waals surface area contributed by atoms with Crippen LogP contribution in [0, 0.1) is 17.1 Å². The normalized spacial score (nSPS) is 10.1. The molecule has 0 saturated carbocycles. The maximum atomic E-state index is 13.6. The molecule has 0 atom stereocenters. The molecule has 90 valence electrons. The van der Waals surface area contributed by atoms with Gasteiger partial charge in [-0.05, 0) is 29.7 Å². The van der Waals surface area contributed by atoms with Crippen molar-refractivity contribution in [2.24, 2.45) is 0 Å². The Kier molecular flexibility index (Phi) is 3.64. The summed E-state index contributed by atoms with van der Waals surface area (Å²) in [5, 5.41) is 9.34. The van der Waals surface area contributed by atoms with E-state index in [-0.39, 0.29) is 5.56 Å². The molecule has 0 aliphatic carbocycles. The van der Waals surface area contributed by atoms with E-state index in [1.165, 1.54) is 12.1 Å². The second-order valence-electron chi connectivity index (χ2n) is 3.94. The highest BCUT2D eigenvalue weighted by molar-refractivity contribution is 6.34. The monoisotopic (exact) mass is 259 g/mol. The van der Waals surface area contributed by atoms with E-state index in [1.807, 2.05) is 25.1 Å². The van der Waals surface area contributed by atoms with Crippen LogP contribution in [0.1, 0.15) is 18.1 Å². The minimum absolute atomic E-state index is 0.0431. The predicted octanol–water partition coefficient (Wildman–Crippen LogP) is 4.58.